The summed E-state index contributed by atoms with van der Waals surface area (Å²) in [6, 6.07) is 68.2. The Labute approximate surface area is 346 Å². The van der Waals surface area contributed by atoms with Gasteiger partial charge in [0.05, 0.1) is 33.1 Å². The number of nitrogens with zero attached hydrogens (tertiary/aromatic N) is 3. The molecule has 0 aliphatic rings. The highest BCUT2D eigenvalue weighted by Crippen LogP contribution is 2.39. The second-order valence-electron chi connectivity index (χ2n) is 17.9. The van der Waals surface area contributed by atoms with Gasteiger partial charge in [0.1, 0.15) is 0 Å². The third kappa shape index (κ3) is 6.20. The molecule has 0 spiro atoms. The van der Waals surface area contributed by atoms with Crippen molar-refractivity contribution in [1.29, 1.82) is 0 Å². The first-order valence-corrected chi connectivity index (χ1v) is 20.8. The minimum atomic E-state index is 0.0831. The molecule has 0 amide bonds. The molecule has 0 fully saturated rings. The minimum Gasteiger partial charge on any atom is -0.309 e. The summed E-state index contributed by atoms with van der Waals surface area (Å²) in [5.74, 6) is 0. The van der Waals surface area contributed by atoms with Crippen LogP contribution in [0.4, 0.5) is 0 Å². The van der Waals surface area contributed by atoms with E-state index in [4.69, 9.17) is 0 Å². The lowest BCUT2D eigenvalue weighted by Crippen LogP contribution is -2.10. The van der Waals surface area contributed by atoms with Crippen LogP contribution in [0.15, 0.2) is 188 Å². The third-order valence-electron chi connectivity index (χ3n) is 12.0. The van der Waals surface area contributed by atoms with E-state index in [2.05, 4.69) is 243 Å². The van der Waals surface area contributed by atoms with Gasteiger partial charge in [-0.05, 0) is 107 Å². The predicted octanol–water partition coefficient (Wildman–Crippen LogP) is 15.3. The summed E-state index contributed by atoms with van der Waals surface area (Å²) in [7, 11) is 0. The van der Waals surface area contributed by atoms with Crippen LogP contribution in [-0.2, 0) is 10.8 Å². The van der Waals surface area contributed by atoms with E-state index in [1.807, 2.05) is 0 Å². The van der Waals surface area contributed by atoms with Gasteiger partial charge >= 0.3 is 0 Å². The first-order valence-electron chi connectivity index (χ1n) is 20.8. The molecule has 288 valence electrons. The van der Waals surface area contributed by atoms with Crippen LogP contribution in [-0.4, -0.2) is 13.7 Å². The smallest absolute Gasteiger partial charge is 0.0542 e. The Morgan fingerprint density at radius 1 is 0.254 bits per heavy atom. The highest BCUT2D eigenvalue weighted by molar-refractivity contribution is 6.13. The Morgan fingerprint density at radius 3 is 0.983 bits per heavy atom. The zero-order valence-electron chi connectivity index (χ0n) is 34.7. The summed E-state index contributed by atoms with van der Waals surface area (Å²) >= 11 is 0. The summed E-state index contributed by atoms with van der Waals surface area (Å²) < 4.78 is 7.16. The van der Waals surface area contributed by atoms with E-state index in [1.165, 1.54) is 93.6 Å². The number of fused-ring (bicyclic) bond motifs is 9. The first-order chi connectivity index (χ1) is 28.6. The molecule has 0 N–H and O–H groups in total. The normalized spacial score (nSPS) is 12.2. The van der Waals surface area contributed by atoms with E-state index in [0.29, 0.717) is 0 Å². The Kier molecular flexibility index (Phi) is 8.61. The molecule has 0 saturated heterocycles. The maximum absolute atomic E-state index is 2.41. The zero-order valence-corrected chi connectivity index (χ0v) is 34.7. The standard InChI is InChI=1S/C34H28N2.C22H21N/c1-34(2,3)23-17-19-32-28(21-23)29-22-25(18-20-33(29)35(32)24-11-5-4-6-12-24)36-30-15-9-7-13-26(30)27-14-8-10-16-31(27)36;1-22(2,3)16-13-14-21-19(15-16)18-11-7-8-12-20(18)23(21)17-9-5-4-6-10-17/h4-22H,1-3H3;4-15H,1-3H3. The van der Waals surface area contributed by atoms with Crippen LogP contribution in [0, 0.1) is 0 Å². The third-order valence-corrected chi connectivity index (χ3v) is 12.0. The fraction of sp³-hybridized carbons (Fsp3) is 0.143. The van der Waals surface area contributed by atoms with Crippen LogP contribution >= 0.6 is 0 Å². The highest BCUT2D eigenvalue weighted by atomic mass is 15.0. The fourth-order valence-corrected chi connectivity index (χ4v) is 8.97. The van der Waals surface area contributed by atoms with Crippen molar-refractivity contribution in [2.75, 3.05) is 0 Å². The molecule has 0 bridgehead atoms. The average molecular weight is 764 g/mol. The molecule has 0 aliphatic carbocycles. The number of hydrogen-bond acceptors (Lipinski definition) is 0. The van der Waals surface area contributed by atoms with Crippen molar-refractivity contribution in [3.63, 3.8) is 0 Å². The van der Waals surface area contributed by atoms with E-state index in [9.17, 15) is 0 Å². The van der Waals surface area contributed by atoms with Crippen molar-refractivity contribution in [3.8, 4) is 17.1 Å². The van der Waals surface area contributed by atoms with Crippen molar-refractivity contribution in [1.82, 2.24) is 13.7 Å². The van der Waals surface area contributed by atoms with Crippen LogP contribution in [0.3, 0.4) is 0 Å². The summed E-state index contributed by atoms with van der Waals surface area (Å²) in [5.41, 5.74) is 14.0. The van der Waals surface area contributed by atoms with Crippen LogP contribution in [0.5, 0.6) is 0 Å². The lowest BCUT2D eigenvalue weighted by Gasteiger charge is -2.19. The molecule has 11 rings (SSSR count). The molecule has 59 heavy (non-hydrogen) atoms. The molecule has 3 aromatic heterocycles. The van der Waals surface area contributed by atoms with Crippen LogP contribution < -0.4 is 0 Å². The number of rotatable bonds is 3. The molecule has 0 aliphatic heterocycles. The lowest BCUT2D eigenvalue weighted by molar-refractivity contribution is 0.591. The molecular formula is C56H49N3. The summed E-state index contributed by atoms with van der Waals surface area (Å²) in [4.78, 5) is 0. The van der Waals surface area contributed by atoms with Gasteiger partial charge in [-0.3, -0.25) is 0 Å². The van der Waals surface area contributed by atoms with Crippen LogP contribution in [0.25, 0.3) is 82.5 Å². The van der Waals surface area contributed by atoms with Crippen molar-refractivity contribution in [2.24, 2.45) is 0 Å². The van der Waals surface area contributed by atoms with Crippen molar-refractivity contribution in [2.45, 2.75) is 52.4 Å². The fourth-order valence-electron chi connectivity index (χ4n) is 8.97. The van der Waals surface area contributed by atoms with Gasteiger partial charge in [-0.1, -0.05) is 145 Å². The zero-order chi connectivity index (χ0) is 40.5. The molecule has 3 heterocycles. The van der Waals surface area contributed by atoms with Gasteiger partial charge in [-0.15, -0.1) is 0 Å². The molecule has 0 saturated carbocycles. The van der Waals surface area contributed by atoms with E-state index >= 15 is 0 Å². The van der Waals surface area contributed by atoms with Gasteiger partial charge in [-0.25, -0.2) is 0 Å². The molecule has 0 unspecified atom stereocenters. The Balaban J connectivity index is 0.000000158. The molecule has 8 aromatic carbocycles. The average Bonchev–Trinajstić information content (AvgIpc) is 3.89. The van der Waals surface area contributed by atoms with Gasteiger partial charge in [0.15, 0.2) is 0 Å². The highest BCUT2D eigenvalue weighted by Gasteiger charge is 2.20. The first kappa shape index (κ1) is 36.5. The maximum atomic E-state index is 2.41. The predicted molar refractivity (Wildman–Crippen MR) is 253 cm³/mol. The number of para-hydroxylation sites is 5. The molecular weight excluding hydrogens is 715 g/mol. The van der Waals surface area contributed by atoms with Crippen molar-refractivity contribution < 1.29 is 0 Å². The van der Waals surface area contributed by atoms with E-state index < -0.39 is 0 Å². The Morgan fingerprint density at radius 2 is 0.559 bits per heavy atom. The monoisotopic (exact) mass is 763 g/mol. The second kappa shape index (κ2) is 13.9. The summed E-state index contributed by atoms with van der Waals surface area (Å²) in [6.07, 6.45) is 0. The van der Waals surface area contributed by atoms with Crippen LogP contribution in [0.2, 0.25) is 0 Å². The van der Waals surface area contributed by atoms with Gasteiger partial charge in [0.2, 0.25) is 0 Å². The topological polar surface area (TPSA) is 14.8 Å². The van der Waals surface area contributed by atoms with Gasteiger partial charge in [0, 0.05) is 49.4 Å². The van der Waals surface area contributed by atoms with E-state index in [1.54, 1.807) is 0 Å². The maximum Gasteiger partial charge on any atom is 0.0542 e. The molecule has 3 heteroatoms. The van der Waals surface area contributed by atoms with Gasteiger partial charge < -0.3 is 13.7 Å². The van der Waals surface area contributed by atoms with Crippen molar-refractivity contribution in [3.05, 3.63) is 199 Å². The minimum absolute atomic E-state index is 0.0831. The molecule has 3 nitrogen and oxygen atoms in total. The van der Waals surface area contributed by atoms with Crippen molar-refractivity contribution >= 4 is 65.4 Å². The Hall–Kier alpha value is -6.84. The number of aromatic nitrogens is 3. The Bertz CT molecular complexity index is 3270. The number of benzene rings is 8. The van der Waals surface area contributed by atoms with Gasteiger partial charge in [0.25, 0.3) is 0 Å². The SMILES string of the molecule is CC(C)(C)c1ccc2c(c1)c1cc(-n3c4ccccc4c4ccccc43)ccc1n2-c1ccccc1.CC(C)(C)c1ccc2c(c1)c1ccccc1n2-c1ccccc1. The lowest BCUT2D eigenvalue weighted by atomic mass is 9.86. The second-order valence-corrected chi connectivity index (χ2v) is 17.9. The molecule has 0 atom stereocenters. The molecule has 11 aromatic rings. The largest absolute Gasteiger partial charge is 0.309 e. The number of hydrogen-bond donors (Lipinski definition) is 0. The summed E-state index contributed by atoms with van der Waals surface area (Å²) in [5, 5.41) is 7.79. The van der Waals surface area contributed by atoms with E-state index in [0.717, 1.165) is 0 Å². The van der Waals surface area contributed by atoms with E-state index in [-0.39, 0.29) is 10.8 Å². The van der Waals surface area contributed by atoms with Gasteiger partial charge in [-0.2, -0.15) is 0 Å². The quantitative estimate of drug-likeness (QED) is 0.170. The summed E-state index contributed by atoms with van der Waals surface area (Å²) in [6.45, 7) is 13.7. The van der Waals surface area contributed by atoms with Crippen LogP contribution in [0.1, 0.15) is 52.7 Å². The molecule has 0 radical (unpaired) electrons.